The molecule has 0 radical (unpaired) electrons. The van der Waals surface area contributed by atoms with Gasteiger partial charge >= 0.3 is 0 Å². The van der Waals surface area contributed by atoms with Crippen molar-refractivity contribution >= 4 is 39.3 Å². The van der Waals surface area contributed by atoms with Gasteiger partial charge in [0, 0.05) is 29.9 Å². The highest BCUT2D eigenvalue weighted by Gasteiger charge is 2.22. The molecule has 2 aromatic rings. The Labute approximate surface area is 159 Å². The van der Waals surface area contributed by atoms with Crippen LogP contribution in [0, 0.1) is 0 Å². The molecule has 7 heteroatoms. The van der Waals surface area contributed by atoms with E-state index in [-0.39, 0.29) is 16.8 Å². The van der Waals surface area contributed by atoms with Crippen molar-refractivity contribution in [3.05, 3.63) is 65.2 Å². The van der Waals surface area contributed by atoms with Gasteiger partial charge in [-0.1, -0.05) is 23.7 Å². The summed E-state index contributed by atoms with van der Waals surface area (Å²) in [5.41, 5.74) is 1.32. The first kappa shape index (κ1) is 20.2. The fourth-order valence-electron chi connectivity index (χ4n) is 2.12. The molecule has 0 aliphatic rings. The van der Waals surface area contributed by atoms with E-state index in [1.165, 1.54) is 29.6 Å². The highest BCUT2D eigenvalue weighted by atomic mass is 35.5. The van der Waals surface area contributed by atoms with Crippen LogP contribution in [0.2, 0.25) is 5.02 Å². The highest BCUT2D eigenvalue weighted by Crippen LogP contribution is 2.19. The number of rotatable bonds is 6. The summed E-state index contributed by atoms with van der Waals surface area (Å²) in [6.45, 7) is 3.61. The summed E-state index contributed by atoms with van der Waals surface area (Å²) < 4.78 is 26.1. The number of nitrogens with zero attached hydrogens (tertiary/aromatic N) is 1. The number of anilines is 1. The number of benzene rings is 2. The van der Waals surface area contributed by atoms with Crippen molar-refractivity contribution in [2.24, 2.45) is 0 Å². The summed E-state index contributed by atoms with van der Waals surface area (Å²) in [7, 11) is -2.00. The standard InChI is InChI=1S/C19H21ClN2O3S/c1-14(2)22(3)26(24,25)18-10-8-17(9-11-18)21-19(23)12-7-15-5-4-6-16(20)13-15/h4-14H,1-3H3,(H,21,23)/b12-7+. The van der Waals surface area contributed by atoms with E-state index in [0.717, 1.165) is 5.56 Å². The lowest BCUT2D eigenvalue weighted by Crippen LogP contribution is -2.33. The lowest BCUT2D eigenvalue weighted by molar-refractivity contribution is -0.111. The largest absolute Gasteiger partial charge is 0.323 e. The summed E-state index contributed by atoms with van der Waals surface area (Å²) >= 11 is 5.90. The van der Waals surface area contributed by atoms with Gasteiger partial charge in [0.1, 0.15) is 0 Å². The van der Waals surface area contributed by atoms with Crippen molar-refractivity contribution in [3.8, 4) is 0 Å². The first-order chi connectivity index (χ1) is 12.2. The third-order valence-electron chi connectivity index (χ3n) is 3.80. The van der Waals surface area contributed by atoms with E-state index in [1.807, 2.05) is 6.07 Å². The van der Waals surface area contributed by atoms with Crippen LogP contribution < -0.4 is 5.32 Å². The predicted molar refractivity (Wildman–Crippen MR) is 106 cm³/mol. The van der Waals surface area contributed by atoms with Crippen LogP contribution in [-0.4, -0.2) is 31.7 Å². The van der Waals surface area contributed by atoms with Crippen LogP contribution in [0.25, 0.3) is 6.08 Å². The molecular formula is C19H21ClN2O3S. The summed E-state index contributed by atoms with van der Waals surface area (Å²) in [6.07, 6.45) is 3.04. The average Bonchev–Trinajstić information content (AvgIpc) is 2.59. The van der Waals surface area contributed by atoms with E-state index in [4.69, 9.17) is 11.6 Å². The van der Waals surface area contributed by atoms with Gasteiger partial charge in [-0.05, 0) is 61.9 Å². The molecule has 0 saturated carbocycles. The van der Waals surface area contributed by atoms with Gasteiger partial charge < -0.3 is 5.32 Å². The van der Waals surface area contributed by atoms with Crippen molar-refractivity contribution < 1.29 is 13.2 Å². The van der Waals surface area contributed by atoms with Crippen molar-refractivity contribution in [2.45, 2.75) is 24.8 Å². The molecule has 0 spiro atoms. The molecule has 138 valence electrons. The molecule has 0 saturated heterocycles. The first-order valence-corrected chi connectivity index (χ1v) is 9.84. The van der Waals surface area contributed by atoms with Crippen LogP contribution in [0.5, 0.6) is 0 Å². The molecule has 1 N–H and O–H groups in total. The van der Waals surface area contributed by atoms with Crippen molar-refractivity contribution in [1.29, 1.82) is 0 Å². The van der Waals surface area contributed by atoms with Gasteiger partial charge in [-0.15, -0.1) is 0 Å². The second-order valence-corrected chi connectivity index (χ2v) is 8.45. The van der Waals surface area contributed by atoms with Crippen LogP contribution in [-0.2, 0) is 14.8 Å². The van der Waals surface area contributed by atoms with Crippen molar-refractivity contribution in [1.82, 2.24) is 4.31 Å². The van der Waals surface area contributed by atoms with Crippen LogP contribution in [0.3, 0.4) is 0 Å². The van der Waals surface area contributed by atoms with Crippen LogP contribution in [0.15, 0.2) is 59.5 Å². The number of halogens is 1. The van der Waals surface area contributed by atoms with Crippen molar-refractivity contribution in [3.63, 3.8) is 0 Å². The molecule has 5 nitrogen and oxygen atoms in total. The molecule has 0 unspecified atom stereocenters. The zero-order valence-electron chi connectivity index (χ0n) is 14.8. The minimum absolute atomic E-state index is 0.143. The van der Waals surface area contributed by atoms with E-state index >= 15 is 0 Å². The number of hydrogen-bond acceptors (Lipinski definition) is 3. The lowest BCUT2D eigenvalue weighted by Gasteiger charge is -2.21. The lowest BCUT2D eigenvalue weighted by atomic mass is 10.2. The number of hydrogen-bond donors (Lipinski definition) is 1. The predicted octanol–water partition coefficient (Wildman–Crippen LogP) is 4.02. The number of carbonyl (C=O) groups is 1. The molecule has 2 aromatic carbocycles. The normalized spacial score (nSPS) is 12.1. The molecule has 1 amide bonds. The number of carbonyl (C=O) groups excluding carboxylic acids is 1. The molecule has 0 fully saturated rings. The zero-order chi connectivity index (χ0) is 19.3. The number of sulfonamides is 1. The quantitative estimate of drug-likeness (QED) is 0.755. The zero-order valence-corrected chi connectivity index (χ0v) is 16.4. The Kier molecular flexibility index (Phi) is 6.58. The highest BCUT2D eigenvalue weighted by molar-refractivity contribution is 7.89. The Hall–Kier alpha value is -2.15. The summed E-state index contributed by atoms with van der Waals surface area (Å²) in [5, 5.41) is 3.28. The molecule has 0 aromatic heterocycles. The van der Waals surface area contributed by atoms with Crippen LogP contribution in [0.4, 0.5) is 5.69 Å². The second-order valence-electron chi connectivity index (χ2n) is 6.02. The van der Waals surface area contributed by atoms with E-state index in [1.54, 1.807) is 50.3 Å². The Balaban J connectivity index is 2.06. The minimum atomic E-state index is -3.54. The Morgan fingerprint density at radius 3 is 2.38 bits per heavy atom. The molecule has 0 aliphatic carbocycles. The third-order valence-corrected chi connectivity index (χ3v) is 6.08. The summed E-state index contributed by atoms with van der Waals surface area (Å²) in [6, 6.07) is 13.1. The van der Waals surface area contributed by atoms with E-state index in [0.29, 0.717) is 10.7 Å². The van der Waals surface area contributed by atoms with Gasteiger partial charge in [0.15, 0.2) is 0 Å². The van der Waals surface area contributed by atoms with Gasteiger partial charge in [-0.25, -0.2) is 8.42 Å². The first-order valence-electron chi connectivity index (χ1n) is 8.03. The molecule has 2 rings (SSSR count). The van der Waals surface area contributed by atoms with Gasteiger partial charge in [0.2, 0.25) is 15.9 Å². The maximum absolute atomic E-state index is 12.4. The number of amides is 1. The molecule has 0 aliphatic heterocycles. The fraction of sp³-hybridized carbons (Fsp3) is 0.211. The van der Waals surface area contributed by atoms with Gasteiger partial charge in [-0.3, -0.25) is 4.79 Å². The van der Waals surface area contributed by atoms with Crippen molar-refractivity contribution in [2.75, 3.05) is 12.4 Å². The second kappa shape index (κ2) is 8.49. The molecule has 0 atom stereocenters. The van der Waals surface area contributed by atoms with Crippen LogP contribution in [0.1, 0.15) is 19.4 Å². The molecular weight excluding hydrogens is 372 g/mol. The number of nitrogens with one attached hydrogen (secondary N) is 1. The fourth-order valence-corrected chi connectivity index (χ4v) is 3.69. The molecule has 0 heterocycles. The minimum Gasteiger partial charge on any atom is -0.323 e. The Morgan fingerprint density at radius 1 is 1.15 bits per heavy atom. The third kappa shape index (κ3) is 5.17. The van der Waals surface area contributed by atoms with Crippen LogP contribution >= 0.6 is 11.6 Å². The monoisotopic (exact) mass is 392 g/mol. The van der Waals surface area contributed by atoms with E-state index in [9.17, 15) is 13.2 Å². The van der Waals surface area contributed by atoms with E-state index < -0.39 is 10.0 Å². The van der Waals surface area contributed by atoms with Gasteiger partial charge in [0.25, 0.3) is 0 Å². The summed E-state index contributed by atoms with van der Waals surface area (Å²) in [5.74, 6) is -0.320. The Morgan fingerprint density at radius 2 is 1.81 bits per heavy atom. The SMILES string of the molecule is CC(C)N(C)S(=O)(=O)c1ccc(NC(=O)/C=C/c2cccc(Cl)c2)cc1. The molecule has 0 bridgehead atoms. The maximum atomic E-state index is 12.4. The summed E-state index contributed by atoms with van der Waals surface area (Å²) in [4.78, 5) is 12.2. The maximum Gasteiger partial charge on any atom is 0.248 e. The smallest absolute Gasteiger partial charge is 0.248 e. The molecule has 26 heavy (non-hydrogen) atoms. The topological polar surface area (TPSA) is 66.5 Å². The van der Waals surface area contributed by atoms with E-state index in [2.05, 4.69) is 5.32 Å². The van der Waals surface area contributed by atoms with Gasteiger partial charge in [0.05, 0.1) is 4.90 Å². The Bertz CT molecular complexity index is 907. The van der Waals surface area contributed by atoms with Gasteiger partial charge in [-0.2, -0.15) is 4.31 Å². The average molecular weight is 393 g/mol.